The van der Waals surface area contributed by atoms with E-state index < -0.39 is 6.10 Å². The molecule has 17 heavy (non-hydrogen) atoms. The van der Waals surface area contributed by atoms with Gasteiger partial charge in [0.2, 0.25) is 0 Å². The third-order valence-electron chi connectivity index (χ3n) is 2.49. The van der Waals surface area contributed by atoms with Gasteiger partial charge in [-0.25, -0.2) is 0 Å². The first-order chi connectivity index (χ1) is 8.29. The standard InChI is InChI=1S/C12H16ClNO3/c13-5-9(15)6-14-11-3-1-2-4-12(11)17-10-7-16-8-10/h1-4,9-10,14-15H,5-8H2. The maximum Gasteiger partial charge on any atom is 0.145 e. The molecule has 2 N–H and O–H groups in total. The lowest BCUT2D eigenvalue weighted by Gasteiger charge is -2.27. The van der Waals surface area contributed by atoms with Crippen LogP contribution in [0.2, 0.25) is 0 Å². The second-order valence-corrected chi connectivity index (χ2v) is 4.27. The van der Waals surface area contributed by atoms with E-state index in [0.29, 0.717) is 19.8 Å². The molecule has 2 rings (SSSR count). The number of alkyl halides is 1. The van der Waals surface area contributed by atoms with Crippen LogP contribution in [-0.4, -0.2) is 43.0 Å². The van der Waals surface area contributed by atoms with Crippen molar-refractivity contribution in [2.75, 3.05) is 31.0 Å². The number of halogens is 1. The Balaban J connectivity index is 1.94. The Morgan fingerprint density at radius 3 is 2.88 bits per heavy atom. The van der Waals surface area contributed by atoms with E-state index in [0.717, 1.165) is 11.4 Å². The van der Waals surface area contributed by atoms with E-state index >= 15 is 0 Å². The van der Waals surface area contributed by atoms with Crippen molar-refractivity contribution in [3.8, 4) is 5.75 Å². The van der Waals surface area contributed by atoms with Crippen LogP contribution in [0.25, 0.3) is 0 Å². The summed E-state index contributed by atoms with van der Waals surface area (Å²) in [6.07, 6.45) is -0.423. The van der Waals surface area contributed by atoms with Crippen molar-refractivity contribution < 1.29 is 14.6 Å². The van der Waals surface area contributed by atoms with Crippen molar-refractivity contribution in [1.82, 2.24) is 0 Å². The first kappa shape index (κ1) is 12.5. The van der Waals surface area contributed by atoms with Crippen molar-refractivity contribution >= 4 is 17.3 Å². The van der Waals surface area contributed by atoms with Gasteiger partial charge in [0.05, 0.1) is 30.9 Å². The maximum atomic E-state index is 9.39. The number of para-hydroxylation sites is 2. The molecule has 1 heterocycles. The van der Waals surface area contributed by atoms with E-state index in [4.69, 9.17) is 21.1 Å². The molecule has 4 nitrogen and oxygen atoms in total. The van der Waals surface area contributed by atoms with Gasteiger partial charge in [-0.1, -0.05) is 12.1 Å². The van der Waals surface area contributed by atoms with E-state index in [1.807, 2.05) is 24.3 Å². The van der Waals surface area contributed by atoms with E-state index in [1.165, 1.54) is 0 Å². The zero-order valence-electron chi connectivity index (χ0n) is 9.43. The Bertz CT molecular complexity index is 357. The minimum atomic E-state index is -0.559. The number of anilines is 1. The van der Waals surface area contributed by atoms with Crippen molar-refractivity contribution in [2.45, 2.75) is 12.2 Å². The van der Waals surface area contributed by atoms with Crippen LogP contribution in [0.1, 0.15) is 0 Å². The number of hydrogen-bond donors (Lipinski definition) is 2. The molecular formula is C12H16ClNO3. The van der Waals surface area contributed by atoms with E-state index in [1.54, 1.807) is 0 Å². The number of ether oxygens (including phenoxy) is 2. The molecule has 1 aliphatic rings. The third-order valence-corrected chi connectivity index (χ3v) is 2.85. The van der Waals surface area contributed by atoms with Gasteiger partial charge in [-0.05, 0) is 12.1 Å². The van der Waals surface area contributed by atoms with Crippen LogP contribution in [0.4, 0.5) is 5.69 Å². The molecule has 0 radical (unpaired) electrons. The fourth-order valence-electron chi connectivity index (χ4n) is 1.46. The minimum absolute atomic E-state index is 0.135. The van der Waals surface area contributed by atoms with E-state index in [2.05, 4.69) is 5.32 Å². The van der Waals surface area contributed by atoms with Gasteiger partial charge >= 0.3 is 0 Å². The van der Waals surface area contributed by atoms with Gasteiger partial charge < -0.3 is 19.9 Å². The Morgan fingerprint density at radius 2 is 2.24 bits per heavy atom. The first-order valence-corrected chi connectivity index (χ1v) is 6.14. The van der Waals surface area contributed by atoms with Crippen molar-refractivity contribution in [3.05, 3.63) is 24.3 Å². The average Bonchev–Trinajstić information content (AvgIpc) is 2.32. The molecule has 1 atom stereocenters. The summed E-state index contributed by atoms with van der Waals surface area (Å²) < 4.78 is 10.8. The van der Waals surface area contributed by atoms with Crippen LogP contribution in [0.3, 0.4) is 0 Å². The molecule has 0 aromatic heterocycles. The number of aliphatic hydroxyl groups excluding tert-OH is 1. The summed E-state index contributed by atoms with van der Waals surface area (Å²) >= 11 is 5.54. The molecule has 0 saturated carbocycles. The van der Waals surface area contributed by atoms with Gasteiger partial charge in [0.15, 0.2) is 0 Å². The largest absolute Gasteiger partial charge is 0.483 e. The quantitative estimate of drug-likeness (QED) is 0.758. The summed E-state index contributed by atoms with van der Waals surface area (Å²) in [7, 11) is 0. The molecule has 94 valence electrons. The van der Waals surface area contributed by atoms with Crippen LogP contribution < -0.4 is 10.1 Å². The lowest BCUT2D eigenvalue weighted by atomic mass is 10.2. The molecular weight excluding hydrogens is 242 g/mol. The summed E-state index contributed by atoms with van der Waals surface area (Å²) in [5, 5.41) is 12.5. The zero-order valence-corrected chi connectivity index (χ0v) is 10.2. The van der Waals surface area contributed by atoms with Crippen LogP contribution in [0, 0.1) is 0 Å². The summed E-state index contributed by atoms with van der Waals surface area (Å²) in [5.41, 5.74) is 0.864. The highest BCUT2D eigenvalue weighted by atomic mass is 35.5. The van der Waals surface area contributed by atoms with Crippen LogP contribution >= 0.6 is 11.6 Å². The molecule has 0 amide bonds. The molecule has 0 aliphatic carbocycles. The lowest BCUT2D eigenvalue weighted by Crippen LogP contribution is -2.38. The first-order valence-electron chi connectivity index (χ1n) is 5.61. The zero-order chi connectivity index (χ0) is 12.1. The van der Waals surface area contributed by atoms with Gasteiger partial charge in [-0.2, -0.15) is 0 Å². The molecule has 1 aromatic rings. The SMILES string of the molecule is OC(CCl)CNc1ccccc1OC1COC1. The van der Waals surface area contributed by atoms with E-state index in [9.17, 15) is 5.11 Å². The van der Waals surface area contributed by atoms with Crippen LogP contribution in [0.5, 0.6) is 5.75 Å². The summed E-state index contributed by atoms with van der Waals surface area (Å²) in [6, 6.07) is 7.64. The Hall–Kier alpha value is -0.970. The average molecular weight is 258 g/mol. The predicted octanol–water partition coefficient (Wildman–Crippen LogP) is 1.48. The van der Waals surface area contributed by atoms with Crippen LogP contribution in [0.15, 0.2) is 24.3 Å². The summed E-state index contributed by atoms with van der Waals surface area (Å²) in [4.78, 5) is 0. The van der Waals surface area contributed by atoms with Crippen molar-refractivity contribution in [3.63, 3.8) is 0 Å². The highest BCUT2D eigenvalue weighted by Gasteiger charge is 2.21. The molecule has 0 bridgehead atoms. The lowest BCUT2D eigenvalue weighted by molar-refractivity contribution is -0.0794. The molecule has 1 fully saturated rings. The molecule has 1 saturated heterocycles. The molecule has 1 unspecified atom stereocenters. The monoisotopic (exact) mass is 257 g/mol. The van der Waals surface area contributed by atoms with E-state index in [-0.39, 0.29) is 12.0 Å². The third kappa shape index (κ3) is 3.49. The number of hydrogen-bond acceptors (Lipinski definition) is 4. The van der Waals surface area contributed by atoms with Gasteiger partial charge in [0, 0.05) is 6.54 Å². The number of aliphatic hydroxyl groups is 1. The second kappa shape index (κ2) is 6.10. The highest BCUT2D eigenvalue weighted by Crippen LogP contribution is 2.26. The van der Waals surface area contributed by atoms with Gasteiger partial charge in [0.25, 0.3) is 0 Å². The van der Waals surface area contributed by atoms with Gasteiger partial charge in [-0.15, -0.1) is 11.6 Å². The number of rotatable bonds is 6. The maximum absolute atomic E-state index is 9.39. The summed E-state index contributed by atoms with van der Waals surface area (Å²) in [6.45, 7) is 1.68. The topological polar surface area (TPSA) is 50.7 Å². The van der Waals surface area contributed by atoms with Crippen LogP contribution in [-0.2, 0) is 4.74 Å². The fourth-order valence-corrected chi connectivity index (χ4v) is 1.57. The fraction of sp³-hybridized carbons (Fsp3) is 0.500. The molecule has 0 spiro atoms. The highest BCUT2D eigenvalue weighted by molar-refractivity contribution is 6.18. The molecule has 5 heteroatoms. The summed E-state index contributed by atoms with van der Waals surface area (Å²) in [5.74, 6) is 0.995. The Kier molecular flexibility index (Phi) is 4.48. The number of nitrogens with one attached hydrogen (secondary N) is 1. The minimum Gasteiger partial charge on any atom is -0.483 e. The molecule has 1 aliphatic heterocycles. The second-order valence-electron chi connectivity index (χ2n) is 3.96. The Labute approximate surface area is 105 Å². The van der Waals surface area contributed by atoms with Crippen molar-refractivity contribution in [2.24, 2.45) is 0 Å². The van der Waals surface area contributed by atoms with Gasteiger partial charge in [-0.3, -0.25) is 0 Å². The normalized spacial score (nSPS) is 17.3. The Morgan fingerprint density at radius 1 is 1.47 bits per heavy atom. The smallest absolute Gasteiger partial charge is 0.145 e. The van der Waals surface area contributed by atoms with Crippen molar-refractivity contribution in [1.29, 1.82) is 0 Å². The molecule has 1 aromatic carbocycles. The number of benzene rings is 1. The van der Waals surface area contributed by atoms with Gasteiger partial charge in [0.1, 0.15) is 11.9 Å². The predicted molar refractivity (Wildman–Crippen MR) is 66.9 cm³/mol.